The predicted octanol–water partition coefficient (Wildman–Crippen LogP) is 4.95. The van der Waals surface area contributed by atoms with E-state index in [1.165, 1.54) is 55.3 Å². The number of hydrogen-bond acceptors (Lipinski definition) is 6. The summed E-state index contributed by atoms with van der Waals surface area (Å²) in [6.07, 6.45) is 9.46. The molecule has 1 saturated carbocycles. The minimum absolute atomic E-state index is 0.466. The number of anilines is 2. The molecule has 2 aromatic rings. The smallest absolute Gasteiger partial charge is 0.225 e. The van der Waals surface area contributed by atoms with Gasteiger partial charge in [-0.1, -0.05) is 15.9 Å². The van der Waals surface area contributed by atoms with Crippen molar-refractivity contribution >= 4 is 27.7 Å². The third-order valence-electron chi connectivity index (χ3n) is 6.76. The Hall–Kier alpha value is -1.86. The monoisotopic (exact) mass is 501 g/mol. The van der Waals surface area contributed by atoms with Crippen LogP contribution in [0.2, 0.25) is 0 Å². The number of hydrogen-bond donors (Lipinski definition) is 2. The minimum atomic E-state index is 0.466. The van der Waals surface area contributed by atoms with Crippen molar-refractivity contribution < 1.29 is 4.74 Å². The number of nitrogens with zero attached hydrogens (tertiary/aromatic N) is 3. The number of ether oxygens (including phenoxy) is 1. The largest absolute Gasteiger partial charge is 0.496 e. The third kappa shape index (κ3) is 5.73. The summed E-state index contributed by atoms with van der Waals surface area (Å²) < 4.78 is 6.57. The van der Waals surface area contributed by atoms with Gasteiger partial charge in [0.25, 0.3) is 0 Å². The lowest BCUT2D eigenvalue weighted by Gasteiger charge is -2.30. The molecule has 0 unspecified atom stereocenters. The van der Waals surface area contributed by atoms with Crippen LogP contribution in [-0.4, -0.2) is 43.8 Å². The van der Waals surface area contributed by atoms with Gasteiger partial charge in [-0.2, -0.15) is 4.98 Å². The zero-order chi connectivity index (χ0) is 22.5. The van der Waals surface area contributed by atoms with Crippen LogP contribution in [0.3, 0.4) is 0 Å². The fraction of sp³-hybridized carbons (Fsp3) is 0.600. The predicted molar refractivity (Wildman–Crippen MR) is 135 cm³/mol. The number of halogens is 1. The lowest BCUT2D eigenvalue weighted by molar-refractivity contribution is 0.322. The number of benzene rings is 1. The van der Waals surface area contributed by atoms with Crippen LogP contribution in [-0.2, 0) is 19.4 Å². The van der Waals surface area contributed by atoms with Crippen molar-refractivity contribution in [2.75, 3.05) is 38.0 Å². The second-order valence-corrected chi connectivity index (χ2v) is 10.3. The van der Waals surface area contributed by atoms with Gasteiger partial charge in [0.15, 0.2) is 0 Å². The molecule has 0 atom stereocenters. The molecule has 2 aliphatic carbocycles. The molecule has 0 amide bonds. The van der Waals surface area contributed by atoms with Crippen molar-refractivity contribution in [3.05, 3.63) is 39.5 Å². The highest BCUT2D eigenvalue weighted by Crippen LogP contribution is 2.30. The van der Waals surface area contributed by atoms with Crippen molar-refractivity contribution in [2.45, 2.75) is 64.0 Å². The van der Waals surface area contributed by atoms with E-state index in [4.69, 9.17) is 14.7 Å². The third-order valence-corrected chi connectivity index (χ3v) is 7.25. The molecule has 1 aromatic heterocycles. The first kappa shape index (κ1) is 23.3. The summed E-state index contributed by atoms with van der Waals surface area (Å²) in [6, 6.07) is 6.63. The maximum absolute atomic E-state index is 5.49. The van der Waals surface area contributed by atoms with Gasteiger partial charge < -0.3 is 20.3 Å². The van der Waals surface area contributed by atoms with E-state index in [0.717, 1.165) is 47.9 Å². The zero-order valence-corrected chi connectivity index (χ0v) is 21.2. The van der Waals surface area contributed by atoms with Gasteiger partial charge in [-0.3, -0.25) is 0 Å². The zero-order valence-electron chi connectivity index (χ0n) is 19.6. The normalized spacial score (nSPS) is 20.5. The highest BCUT2D eigenvalue weighted by atomic mass is 79.9. The van der Waals surface area contributed by atoms with Gasteiger partial charge in [0.2, 0.25) is 5.95 Å². The van der Waals surface area contributed by atoms with Crippen LogP contribution in [0.25, 0.3) is 0 Å². The maximum Gasteiger partial charge on any atom is 0.225 e. The molecule has 2 N–H and O–H groups in total. The Morgan fingerprint density at radius 2 is 1.88 bits per heavy atom. The van der Waals surface area contributed by atoms with E-state index in [1.807, 2.05) is 12.1 Å². The van der Waals surface area contributed by atoms with E-state index in [0.29, 0.717) is 12.0 Å². The summed E-state index contributed by atoms with van der Waals surface area (Å²) in [6.45, 7) is 1.87. The Kier molecular flexibility index (Phi) is 7.89. The molecule has 2 aliphatic rings. The topological polar surface area (TPSA) is 62.3 Å². The average molecular weight is 503 g/mol. The highest BCUT2D eigenvalue weighted by molar-refractivity contribution is 9.10. The molecular formula is C25H36BrN5O. The summed E-state index contributed by atoms with van der Waals surface area (Å²) in [5, 5.41) is 7.30. The quantitative estimate of drug-likeness (QED) is 0.533. The van der Waals surface area contributed by atoms with E-state index in [9.17, 15) is 0 Å². The maximum atomic E-state index is 5.49. The fourth-order valence-corrected chi connectivity index (χ4v) is 5.41. The molecule has 0 aliphatic heterocycles. The van der Waals surface area contributed by atoms with Gasteiger partial charge in [0, 0.05) is 42.3 Å². The van der Waals surface area contributed by atoms with Crippen molar-refractivity contribution in [3.63, 3.8) is 0 Å². The van der Waals surface area contributed by atoms with Crippen LogP contribution in [0.15, 0.2) is 22.7 Å². The Morgan fingerprint density at radius 1 is 1.09 bits per heavy atom. The Bertz CT molecular complexity index is 911. The molecule has 7 heteroatoms. The first-order chi connectivity index (χ1) is 15.5. The molecule has 1 fully saturated rings. The van der Waals surface area contributed by atoms with Gasteiger partial charge in [0.05, 0.1) is 12.8 Å². The van der Waals surface area contributed by atoms with Crippen molar-refractivity contribution in [3.8, 4) is 5.75 Å². The number of fused-ring (bicyclic) bond motifs is 1. The van der Waals surface area contributed by atoms with Crippen LogP contribution in [0, 0.1) is 5.92 Å². The van der Waals surface area contributed by atoms with Gasteiger partial charge in [0.1, 0.15) is 11.6 Å². The Morgan fingerprint density at radius 3 is 2.62 bits per heavy atom. The molecule has 4 rings (SSSR count). The Balaban J connectivity index is 1.27. The molecule has 0 bridgehead atoms. The van der Waals surface area contributed by atoms with Gasteiger partial charge >= 0.3 is 0 Å². The molecule has 32 heavy (non-hydrogen) atoms. The molecule has 0 radical (unpaired) electrons. The number of aryl methyl sites for hydroxylation is 1. The number of nitrogens with one attached hydrogen (secondary N) is 2. The Labute approximate surface area is 200 Å². The van der Waals surface area contributed by atoms with Gasteiger partial charge in [-0.25, -0.2) is 4.98 Å². The number of methoxy groups -OCH3 is 1. The lowest BCUT2D eigenvalue weighted by Crippen LogP contribution is -2.32. The molecular weight excluding hydrogens is 466 g/mol. The second-order valence-electron chi connectivity index (χ2n) is 9.35. The van der Waals surface area contributed by atoms with Crippen LogP contribution >= 0.6 is 15.9 Å². The summed E-state index contributed by atoms with van der Waals surface area (Å²) in [5.41, 5.74) is 3.79. The SMILES string of the molecule is COc1ccc(Br)cc1CNCC1CCC(Nc2nc3c(c(N(C)C)n2)CCCC3)CC1. The van der Waals surface area contributed by atoms with Gasteiger partial charge in [-0.05, 0) is 82.0 Å². The average Bonchev–Trinajstić information content (AvgIpc) is 2.80. The van der Waals surface area contributed by atoms with Crippen LogP contribution < -0.4 is 20.3 Å². The summed E-state index contributed by atoms with van der Waals surface area (Å²) in [5.74, 6) is 3.57. The number of aromatic nitrogens is 2. The highest BCUT2D eigenvalue weighted by Gasteiger charge is 2.24. The minimum Gasteiger partial charge on any atom is -0.496 e. The van der Waals surface area contributed by atoms with E-state index in [1.54, 1.807) is 7.11 Å². The molecule has 0 spiro atoms. The number of rotatable bonds is 8. The molecule has 6 nitrogen and oxygen atoms in total. The molecule has 174 valence electrons. The standard InChI is InChI=1S/C25H36BrN5O/c1-31(2)24-21-6-4-5-7-22(21)29-25(30-24)28-20-11-8-17(9-12-20)15-27-16-18-14-19(26)10-13-23(18)32-3/h10,13-14,17,20,27H,4-9,11-12,15-16H2,1-3H3,(H,28,29,30). The van der Waals surface area contributed by atoms with Crippen molar-refractivity contribution in [1.82, 2.24) is 15.3 Å². The van der Waals surface area contributed by atoms with Crippen LogP contribution in [0.4, 0.5) is 11.8 Å². The molecule has 0 saturated heterocycles. The van der Waals surface area contributed by atoms with Crippen LogP contribution in [0.5, 0.6) is 5.75 Å². The summed E-state index contributed by atoms with van der Waals surface area (Å²) >= 11 is 3.56. The van der Waals surface area contributed by atoms with Crippen LogP contribution in [0.1, 0.15) is 55.3 Å². The van der Waals surface area contributed by atoms with Crippen molar-refractivity contribution in [2.24, 2.45) is 5.92 Å². The molecule has 1 aromatic carbocycles. The summed E-state index contributed by atoms with van der Waals surface area (Å²) in [7, 11) is 5.90. The van der Waals surface area contributed by atoms with E-state index in [-0.39, 0.29) is 0 Å². The first-order valence-electron chi connectivity index (χ1n) is 11.9. The second kappa shape index (κ2) is 10.8. The summed E-state index contributed by atoms with van der Waals surface area (Å²) in [4.78, 5) is 11.9. The van der Waals surface area contributed by atoms with E-state index >= 15 is 0 Å². The van der Waals surface area contributed by atoms with E-state index in [2.05, 4.69) is 51.6 Å². The molecule has 1 heterocycles. The first-order valence-corrected chi connectivity index (χ1v) is 12.7. The van der Waals surface area contributed by atoms with Crippen molar-refractivity contribution in [1.29, 1.82) is 0 Å². The van der Waals surface area contributed by atoms with Gasteiger partial charge in [-0.15, -0.1) is 0 Å². The van der Waals surface area contributed by atoms with E-state index < -0.39 is 0 Å². The lowest BCUT2D eigenvalue weighted by atomic mass is 9.86. The fourth-order valence-electron chi connectivity index (χ4n) is 5.00.